The summed E-state index contributed by atoms with van der Waals surface area (Å²) in [4.78, 5) is 4.79. The van der Waals surface area contributed by atoms with Crippen molar-refractivity contribution >= 4 is 23.1 Å². The minimum Gasteiger partial charge on any atom is -0.308 e. The van der Waals surface area contributed by atoms with Gasteiger partial charge in [0.05, 0.1) is 11.7 Å². The highest BCUT2D eigenvalue weighted by atomic mass is 32.2. The molecule has 0 aliphatic carbocycles. The van der Waals surface area contributed by atoms with Gasteiger partial charge >= 0.3 is 0 Å². The zero-order valence-corrected chi connectivity index (χ0v) is 13.7. The molecule has 1 rings (SSSR count). The van der Waals surface area contributed by atoms with E-state index in [0.29, 0.717) is 12.0 Å². The van der Waals surface area contributed by atoms with Crippen LogP contribution in [-0.2, 0) is 0 Å². The predicted molar refractivity (Wildman–Crippen MR) is 84.9 cm³/mol. The summed E-state index contributed by atoms with van der Waals surface area (Å²) in [5.74, 6) is 1.78. The number of aromatic nitrogens is 1. The average molecular weight is 287 g/mol. The molecule has 0 amide bonds. The van der Waals surface area contributed by atoms with E-state index in [1.807, 2.05) is 23.1 Å². The highest BCUT2D eigenvalue weighted by Gasteiger charge is 2.15. The van der Waals surface area contributed by atoms with E-state index in [-0.39, 0.29) is 0 Å². The van der Waals surface area contributed by atoms with Crippen LogP contribution in [0.2, 0.25) is 0 Å². The minimum absolute atomic E-state index is 0.453. The van der Waals surface area contributed by atoms with Gasteiger partial charge in [-0.2, -0.15) is 11.8 Å². The maximum absolute atomic E-state index is 4.79. The van der Waals surface area contributed by atoms with Crippen molar-refractivity contribution in [3.8, 4) is 0 Å². The summed E-state index contributed by atoms with van der Waals surface area (Å²) in [6, 6.07) is 0.453. The van der Waals surface area contributed by atoms with E-state index in [1.54, 1.807) is 0 Å². The molecule has 0 aliphatic rings. The van der Waals surface area contributed by atoms with Crippen LogP contribution in [0, 0.1) is 0 Å². The van der Waals surface area contributed by atoms with Gasteiger partial charge in [-0.3, -0.25) is 0 Å². The lowest BCUT2D eigenvalue weighted by molar-refractivity contribution is 0.492. The molecule has 4 heteroatoms. The van der Waals surface area contributed by atoms with E-state index >= 15 is 0 Å². The summed E-state index contributed by atoms with van der Waals surface area (Å²) in [6.07, 6.45) is 5.82. The van der Waals surface area contributed by atoms with Crippen LogP contribution in [0.15, 0.2) is 5.38 Å². The smallest absolute Gasteiger partial charge is 0.110 e. The van der Waals surface area contributed by atoms with Crippen molar-refractivity contribution in [2.75, 3.05) is 18.6 Å². The van der Waals surface area contributed by atoms with Gasteiger partial charge in [-0.15, -0.1) is 11.3 Å². The van der Waals surface area contributed by atoms with Gasteiger partial charge < -0.3 is 5.32 Å². The number of thiazole rings is 1. The first-order chi connectivity index (χ1) is 8.69. The largest absolute Gasteiger partial charge is 0.308 e. The molecular weight excluding hydrogens is 260 g/mol. The normalized spacial score (nSPS) is 13.2. The molecule has 1 unspecified atom stereocenters. The molecule has 104 valence electrons. The second kappa shape index (κ2) is 8.94. The lowest BCUT2D eigenvalue weighted by atomic mass is 10.1. The second-order valence-corrected chi connectivity index (χ2v) is 6.78. The molecule has 0 radical (unpaired) electrons. The van der Waals surface area contributed by atoms with Gasteiger partial charge in [0, 0.05) is 5.38 Å². The summed E-state index contributed by atoms with van der Waals surface area (Å²) in [7, 11) is 0. The third-order valence-corrected chi connectivity index (χ3v) is 4.58. The number of nitrogens with zero attached hydrogens (tertiary/aromatic N) is 1. The summed E-state index contributed by atoms with van der Waals surface area (Å²) in [5, 5.41) is 7.12. The Morgan fingerprint density at radius 3 is 2.78 bits per heavy atom. The Labute approximate surface area is 120 Å². The van der Waals surface area contributed by atoms with Crippen LogP contribution in [-0.4, -0.2) is 23.5 Å². The number of hydrogen-bond donors (Lipinski definition) is 1. The van der Waals surface area contributed by atoms with Crippen molar-refractivity contribution in [3.63, 3.8) is 0 Å². The number of hydrogen-bond acceptors (Lipinski definition) is 4. The first kappa shape index (κ1) is 16.0. The van der Waals surface area contributed by atoms with Gasteiger partial charge in [-0.05, 0) is 43.7 Å². The quantitative estimate of drug-likeness (QED) is 0.679. The van der Waals surface area contributed by atoms with Crippen LogP contribution >= 0.6 is 23.1 Å². The Morgan fingerprint density at radius 2 is 2.22 bits per heavy atom. The Balaban J connectivity index is 2.61. The molecule has 0 aromatic carbocycles. The maximum Gasteiger partial charge on any atom is 0.110 e. The van der Waals surface area contributed by atoms with Crippen molar-refractivity contribution in [1.29, 1.82) is 0 Å². The van der Waals surface area contributed by atoms with Crippen LogP contribution in [0.4, 0.5) is 0 Å². The fourth-order valence-electron chi connectivity index (χ4n) is 1.79. The summed E-state index contributed by atoms with van der Waals surface area (Å²) < 4.78 is 0. The van der Waals surface area contributed by atoms with Gasteiger partial charge in [-0.1, -0.05) is 20.8 Å². The van der Waals surface area contributed by atoms with Crippen molar-refractivity contribution in [3.05, 3.63) is 16.1 Å². The van der Waals surface area contributed by atoms with E-state index in [0.717, 1.165) is 6.54 Å². The van der Waals surface area contributed by atoms with E-state index in [1.165, 1.54) is 35.7 Å². The monoisotopic (exact) mass is 286 g/mol. The van der Waals surface area contributed by atoms with Crippen LogP contribution in [0.1, 0.15) is 62.7 Å². The van der Waals surface area contributed by atoms with Crippen LogP contribution in [0.5, 0.6) is 0 Å². The SMILES string of the molecule is CCCNC(CCCSC)c1nc(C(C)C)cs1. The molecule has 0 fully saturated rings. The number of rotatable bonds is 9. The maximum atomic E-state index is 4.79. The van der Waals surface area contributed by atoms with Crippen LogP contribution in [0.25, 0.3) is 0 Å². The Morgan fingerprint density at radius 1 is 1.44 bits per heavy atom. The third-order valence-electron chi connectivity index (χ3n) is 2.91. The second-order valence-electron chi connectivity index (χ2n) is 4.91. The van der Waals surface area contributed by atoms with Crippen molar-refractivity contribution in [2.45, 2.75) is 52.0 Å². The molecular formula is C14H26N2S2. The fraction of sp³-hybridized carbons (Fsp3) is 0.786. The molecule has 1 heterocycles. The first-order valence-electron chi connectivity index (χ1n) is 6.86. The van der Waals surface area contributed by atoms with Gasteiger partial charge in [0.1, 0.15) is 5.01 Å². The fourth-order valence-corrected chi connectivity index (χ4v) is 3.33. The highest BCUT2D eigenvalue weighted by Crippen LogP contribution is 2.26. The predicted octanol–water partition coefficient (Wildman–Crippen LogP) is 4.45. The molecule has 0 bridgehead atoms. The third kappa shape index (κ3) is 5.29. The zero-order valence-electron chi connectivity index (χ0n) is 12.0. The van der Waals surface area contributed by atoms with Gasteiger partial charge in [0.25, 0.3) is 0 Å². The molecule has 18 heavy (non-hydrogen) atoms. The van der Waals surface area contributed by atoms with E-state index in [9.17, 15) is 0 Å². The number of nitrogens with one attached hydrogen (secondary N) is 1. The molecule has 0 aliphatic heterocycles. The summed E-state index contributed by atoms with van der Waals surface area (Å²) >= 11 is 3.74. The molecule has 0 spiro atoms. The number of thioether (sulfide) groups is 1. The molecule has 1 aromatic heterocycles. The van der Waals surface area contributed by atoms with Crippen LogP contribution < -0.4 is 5.32 Å². The first-order valence-corrected chi connectivity index (χ1v) is 9.14. The molecule has 2 nitrogen and oxygen atoms in total. The van der Waals surface area contributed by atoms with E-state index in [4.69, 9.17) is 4.98 Å². The van der Waals surface area contributed by atoms with Crippen LogP contribution in [0.3, 0.4) is 0 Å². The van der Waals surface area contributed by atoms with Crippen molar-refractivity contribution in [2.24, 2.45) is 0 Å². The molecule has 0 saturated heterocycles. The Bertz CT molecular complexity index is 323. The van der Waals surface area contributed by atoms with Crippen molar-refractivity contribution < 1.29 is 0 Å². The lowest BCUT2D eigenvalue weighted by Crippen LogP contribution is -2.22. The minimum atomic E-state index is 0.453. The van der Waals surface area contributed by atoms with E-state index in [2.05, 4.69) is 37.7 Å². The molecule has 1 N–H and O–H groups in total. The van der Waals surface area contributed by atoms with Crippen molar-refractivity contribution in [1.82, 2.24) is 10.3 Å². The standard InChI is InChI=1S/C14H26N2S2/c1-5-8-15-12(7-6-9-17-4)14-16-13(10-18-14)11(2)3/h10-12,15H,5-9H2,1-4H3. The highest BCUT2D eigenvalue weighted by molar-refractivity contribution is 7.98. The topological polar surface area (TPSA) is 24.9 Å². The Hall–Kier alpha value is -0.0600. The van der Waals surface area contributed by atoms with Gasteiger partial charge in [0.15, 0.2) is 0 Å². The van der Waals surface area contributed by atoms with Gasteiger partial charge in [-0.25, -0.2) is 4.98 Å². The molecule has 1 atom stereocenters. The molecule has 1 aromatic rings. The lowest BCUT2D eigenvalue weighted by Gasteiger charge is -2.15. The summed E-state index contributed by atoms with van der Waals surface area (Å²) in [5.41, 5.74) is 1.24. The van der Waals surface area contributed by atoms with Gasteiger partial charge in [0.2, 0.25) is 0 Å². The Kier molecular flexibility index (Phi) is 7.95. The van der Waals surface area contributed by atoms with E-state index < -0.39 is 0 Å². The summed E-state index contributed by atoms with van der Waals surface area (Å²) in [6.45, 7) is 7.72. The average Bonchev–Trinajstić information content (AvgIpc) is 2.83. The zero-order chi connectivity index (χ0) is 13.4. The molecule has 0 saturated carbocycles.